The summed E-state index contributed by atoms with van der Waals surface area (Å²) in [5.74, 6) is -0.0400. The number of pyridine rings is 2. The van der Waals surface area contributed by atoms with E-state index in [1.165, 1.54) is 0 Å². The summed E-state index contributed by atoms with van der Waals surface area (Å²) in [6.45, 7) is 1.89. The van der Waals surface area contributed by atoms with E-state index in [-0.39, 0.29) is 17.7 Å². The van der Waals surface area contributed by atoms with Gasteiger partial charge in [0.25, 0.3) is 5.88 Å². The number of nitrogens with one attached hydrogen (secondary N) is 2. The summed E-state index contributed by atoms with van der Waals surface area (Å²) in [4.78, 5) is 9.36. The summed E-state index contributed by atoms with van der Waals surface area (Å²) in [5, 5.41) is 3.10. The van der Waals surface area contributed by atoms with Crippen LogP contribution in [0.5, 0.6) is 11.6 Å². The normalized spacial score (nSPS) is 19.4. The van der Waals surface area contributed by atoms with Crippen LogP contribution < -0.4 is 20.1 Å². The first-order valence-corrected chi connectivity index (χ1v) is 10.0. The molecular weight excluding hydrogens is 369 g/mol. The Morgan fingerprint density at radius 2 is 1.77 bits per heavy atom. The molecule has 0 unspecified atom stereocenters. The number of hydrogen-bond acceptors (Lipinski definition) is 6. The van der Waals surface area contributed by atoms with Gasteiger partial charge in [-0.3, -0.25) is 4.98 Å². The molecule has 2 aliphatic rings. The maximum absolute atomic E-state index is 5.63. The van der Waals surface area contributed by atoms with Gasteiger partial charge in [-0.2, -0.15) is 0 Å². The van der Waals surface area contributed by atoms with Crippen molar-refractivity contribution in [3.8, 4) is 11.6 Å². The van der Waals surface area contributed by atoms with Gasteiger partial charge in [0.1, 0.15) is 52.6 Å². The fourth-order valence-electron chi connectivity index (χ4n) is 3.98. The van der Waals surface area contributed by atoms with Crippen LogP contribution in [0.15, 0.2) is 6.07 Å². The number of nitrogens with zero attached hydrogens (tertiary/aromatic N) is 2. The quantitative estimate of drug-likeness (QED) is 0.638. The molecule has 30 heavy (non-hydrogen) atoms. The second-order valence-electron chi connectivity index (χ2n) is 8.02. The predicted molar refractivity (Wildman–Crippen MR) is 122 cm³/mol. The van der Waals surface area contributed by atoms with Gasteiger partial charge in [0.15, 0.2) is 5.75 Å². The standard InChI is InChI=1S/C18H18B6N4O2/c19-17(20,21)29-13-7-12-15(28-16(13)30-18(22,23)24)14(10-4-1-5-11(10)27-12)26-9-3-2-6-25-8-9/h7,9,25H,1-6,8H2,(H,26,27)/t9-/m1/s1. The molecule has 2 aromatic heterocycles. The van der Waals surface area contributed by atoms with Gasteiger partial charge >= 0.3 is 0 Å². The Bertz CT molecular complexity index is 941. The smallest absolute Gasteiger partial charge is 0.255 e. The number of hydrogen-bond donors (Lipinski definition) is 2. The molecule has 1 aliphatic carbocycles. The molecule has 2 aromatic rings. The molecule has 140 valence electrons. The molecule has 1 atom stereocenters. The first kappa shape index (κ1) is 21.5. The number of rotatable bonds is 6. The summed E-state index contributed by atoms with van der Waals surface area (Å²) < 4.78 is 10.8. The summed E-state index contributed by atoms with van der Waals surface area (Å²) in [7, 11) is 33.7. The molecule has 2 N–H and O–H groups in total. The molecule has 12 radical (unpaired) electrons. The Labute approximate surface area is 184 Å². The molecule has 1 aliphatic heterocycles. The van der Waals surface area contributed by atoms with Crippen molar-refractivity contribution in [3.05, 3.63) is 17.3 Å². The van der Waals surface area contributed by atoms with Gasteiger partial charge in [-0.05, 0) is 54.8 Å². The van der Waals surface area contributed by atoms with Crippen LogP contribution >= 0.6 is 0 Å². The highest BCUT2D eigenvalue weighted by atomic mass is 16.5. The van der Waals surface area contributed by atoms with Crippen molar-refractivity contribution >= 4 is 63.8 Å². The van der Waals surface area contributed by atoms with Crippen LogP contribution in [0.4, 0.5) is 5.69 Å². The largest absolute Gasteiger partial charge is 0.511 e. The number of aromatic nitrogens is 2. The molecule has 0 bridgehead atoms. The van der Waals surface area contributed by atoms with E-state index in [1.807, 2.05) is 0 Å². The minimum Gasteiger partial charge on any atom is -0.511 e. The fourth-order valence-corrected chi connectivity index (χ4v) is 3.98. The van der Waals surface area contributed by atoms with E-state index in [1.54, 1.807) is 6.07 Å². The molecular formula is C18H18B6N4O2. The molecule has 1 fully saturated rings. The first-order valence-electron chi connectivity index (χ1n) is 10.0. The van der Waals surface area contributed by atoms with Crippen LogP contribution in [0.3, 0.4) is 0 Å². The lowest BCUT2D eigenvalue weighted by Gasteiger charge is -2.29. The highest BCUT2D eigenvalue weighted by Gasteiger charge is 2.27. The Morgan fingerprint density at radius 3 is 2.43 bits per heavy atom. The Hall–Kier alpha value is -1.69. The zero-order chi connectivity index (χ0) is 21.5. The molecule has 1 saturated heterocycles. The minimum absolute atomic E-state index is 0.0384. The van der Waals surface area contributed by atoms with Crippen LogP contribution in [0, 0.1) is 0 Å². The van der Waals surface area contributed by atoms with Crippen molar-refractivity contribution in [1.82, 2.24) is 15.3 Å². The highest BCUT2D eigenvalue weighted by molar-refractivity contribution is 6.59. The third kappa shape index (κ3) is 4.96. The first-order chi connectivity index (χ1) is 14.1. The maximum Gasteiger partial charge on any atom is 0.255 e. The summed E-state index contributed by atoms with van der Waals surface area (Å²) in [6.07, 6.45) is 5.00. The van der Waals surface area contributed by atoms with Crippen molar-refractivity contribution in [2.45, 2.75) is 48.7 Å². The van der Waals surface area contributed by atoms with Gasteiger partial charge in [0, 0.05) is 24.3 Å². The van der Waals surface area contributed by atoms with Gasteiger partial charge < -0.3 is 20.1 Å². The third-order valence-electron chi connectivity index (χ3n) is 5.12. The number of fused-ring (bicyclic) bond motifs is 2. The van der Waals surface area contributed by atoms with E-state index in [9.17, 15) is 0 Å². The fraction of sp³-hybridized carbons (Fsp3) is 0.556. The zero-order valence-corrected chi connectivity index (χ0v) is 16.8. The van der Waals surface area contributed by atoms with E-state index >= 15 is 0 Å². The topological polar surface area (TPSA) is 68.3 Å². The molecule has 6 nitrogen and oxygen atoms in total. The Balaban J connectivity index is 1.85. The minimum atomic E-state index is -2.00. The van der Waals surface area contributed by atoms with E-state index in [0.29, 0.717) is 11.0 Å². The molecule has 0 spiro atoms. The van der Waals surface area contributed by atoms with E-state index in [2.05, 4.69) is 15.6 Å². The van der Waals surface area contributed by atoms with Crippen molar-refractivity contribution in [3.63, 3.8) is 0 Å². The monoisotopic (exact) mass is 388 g/mol. The molecule has 0 aromatic carbocycles. The lowest BCUT2D eigenvalue weighted by molar-refractivity contribution is 0.258. The number of aryl methyl sites for hydroxylation is 1. The molecule has 3 heterocycles. The summed E-state index contributed by atoms with van der Waals surface area (Å²) in [5.41, 5.74) is 4.30. The summed E-state index contributed by atoms with van der Waals surface area (Å²) >= 11 is 0. The van der Waals surface area contributed by atoms with Crippen molar-refractivity contribution in [2.24, 2.45) is 0 Å². The van der Waals surface area contributed by atoms with Crippen LogP contribution in [0.2, 0.25) is 0 Å². The van der Waals surface area contributed by atoms with Gasteiger partial charge in [-0.15, -0.1) is 0 Å². The van der Waals surface area contributed by atoms with Crippen LogP contribution in [0.1, 0.15) is 30.5 Å². The maximum atomic E-state index is 5.63. The van der Waals surface area contributed by atoms with Crippen molar-refractivity contribution in [2.75, 3.05) is 18.4 Å². The van der Waals surface area contributed by atoms with Gasteiger partial charge in [-0.1, -0.05) is 0 Å². The average Bonchev–Trinajstić information content (AvgIpc) is 3.09. The zero-order valence-electron chi connectivity index (χ0n) is 16.8. The Morgan fingerprint density at radius 1 is 1.00 bits per heavy atom. The van der Waals surface area contributed by atoms with E-state index in [0.717, 1.165) is 62.1 Å². The SMILES string of the molecule is [B]C([B])([B])Oc1cc2nc3c(c(N[C@@H]4CCCNC4)c2nc1OC([B])([B])[B])CCC3. The summed E-state index contributed by atoms with van der Waals surface area (Å²) in [6, 6.07) is 1.88. The molecule has 12 heteroatoms. The van der Waals surface area contributed by atoms with Crippen LogP contribution in [-0.4, -0.2) is 86.8 Å². The predicted octanol–water partition coefficient (Wildman–Crippen LogP) is -0.726. The number of ether oxygens (including phenoxy) is 2. The number of anilines is 1. The third-order valence-corrected chi connectivity index (χ3v) is 5.12. The lowest BCUT2D eigenvalue weighted by Crippen LogP contribution is -2.40. The Kier molecular flexibility index (Phi) is 5.82. The molecule has 0 saturated carbocycles. The van der Waals surface area contributed by atoms with Crippen LogP contribution in [-0.2, 0) is 12.8 Å². The van der Waals surface area contributed by atoms with Gasteiger partial charge in [0.2, 0.25) is 0 Å². The molecule has 0 amide bonds. The molecule has 4 rings (SSSR count). The average molecular weight is 387 g/mol. The van der Waals surface area contributed by atoms with E-state index in [4.69, 9.17) is 61.5 Å². The second-order valence-corrected chi connectivity index (χ2v) is 8.02. The van der Waals surface area contributed by atoms with Crippen LogP contribution in [0.25, 0.3) is 11.0 Å². The van der Waals surface area contributed by atoms with Crippen molar-refractivity contribution < 1.29 is 9.47 Å². The van der Waals surface area contributed by atoms with Crippen molar-refractivity contribution in [1.29, 1.82) is 0 Å². The van der Waals surface area contributed by atoms with Gasteiger partial charge in [-0.25, -0.2) is 4.98 Å². The van der Waals surface area contributed by atoms with Gasteiger partial charge in [0.05, 0.1) is 11.2 Å². The highest BCUT2D eigenvalue weighted by Crippen LogP contribution is 2.39. The lowest BCUT2D eigenvalue weighted by atomic mass is 9.52. The second kappa shape index (κ2) is 8.10. The number of piperidine rings is 1. The van der Waals surface area contributed by atoms with E-state index < -0.39 is 10.6 Å².